The zero-order valence-corrected chi connectivity index (χ0v) is 81.9. The fraction of sp³-hybridized carbons (Fsp3) is 0.830. The molecule has 0 aromatic carbocycles. The lowest BCUT2D eigenvalue weighted by Crippen LogP contribution is -2.25. The van der Waals surface area contributed by atoms with Gasteiger partial charge in [0.05, 0.1) is 0 Å². The number of nitrogens with two attached hydrogens (primary N) is 2. The molecule has 0 fully saturated rings. The maximum atomic E-state index is 11.4. The molecule has 0 rings (SSSR count). The normalized spacial score (nSPS) is 11.1. The van der Waals surface area contributed by atoms with Gasteiger partial charge in [-0.05, 0) is 86.9 Å². The maximum absolute atomic E-state index is 11.4. The van der Waals surface area contributed by atoms with Gasteiger partial charge < -0.3 is 51.1 Å². The molecule has 116 heavy (non-hydrogen) atoms. The Morgan fingerprint density at radius 1 is 0.241 bits per heavy atom. The van der Waals surface area contributed by atoms with Crippen LogP contribution in [0.15, 0.2) is 0 Å². The topological polar surface area (TPSA) is 356 Å². The molecule has 6 N–H and O–H groups in total. The number of nitrogens with one attached hydrogen (secondary N) is 2. The van der Waals surface area contributed by atoms with Crippen molar-refractivity contribution < 1.29 is 76.7 Å². The van der Waals surface area contributed by atoms with Crippen molar-refractivity contribution in [1.29, 1.82) is 0 Å². The van der Waals surface area contributed by atoms with Crippen LogP contribution in [0.2, 0.25) is 0 Å². The Bertz CT molecular complexity index is 2660. The molecule has 0 bridgehead atoms. The molecule has 22 heteroatoms. The minimum absolute atomic E-state index is 0. The Balaban J connectivity index is -0.0000000915. The Hall–Kier alpha value is -6.48. The molecule has 0 aliphatic rings. The molecule has 0 spiro atoms. The molecular weight excluding hydrogens is 1470 g/mol. The number of rotatable bonds is 26. The van der Waals surface area contributed by atoms with E-state index in [-0.39, 0.29) is 146 Å². The van der Waals surface area contributed by atoms with Gasteiger partial charge in [-0.1, -0.05) is 250 Å². The SMILES string of the molecule is C.C.CC(=O)CCC(=O)C(C)(C)C.CC(=O)CCC(=O)C(C)(C)C.CC(=O)CCC(C)(C)C.CC(=O)CCC(C)(C)C.CC(C)(C)C(=O)CCC(N)=O.CC(C)(C)CCC(N)=O.CCC(=O)C(C)(C)C.CN(C)C(=O)CCC(=O)C(C)(C)C.CN(C)C(=O)CCC(C)(C)C.CNC(=O)CCC(=O)C(C)(C)C.CNC(=O)CCC(C)(C)C. The molecule has 690 valence electrons. The molecule has 22 nitrogen and oxygen atoms in total. The van der Waals surface area contributed by atoms with E-state index in [1.807, 2.05) is 132 Å². The standard InChI is InChI=1S/C10H19NO2.C9H17NO2.C9H19NO.2C9H16O2.C8H15NO2.C8H17NO.2C8H16O.C7H15NO.C7H14O.2CH4/c1-10(2,3)8(12)6-7-9(13)11(4)5;1-9(2,3)7(11)5-6-8(12)10-4;1-9(2,3)7-6-8(11)10(4)5;2*1-7(10)5-6-8(11)9(2,3)4;1-8(2,3)6(10)4-5-7(9)11;1-8(2,3)6-5-7(10)9-4;2*1-7(9)5-6-8(2,3)4;1-7(2,3)5-4-6(8)9;1-5-6(8)7(2,3)4;;/h6-7H2,1-5H3;5-6H2,1-4H3,(H,10,12);6-7H2,1-5H3;2*5-6H2,1-4H3;4-5H2,1-3H3,(H2,9,11);5-6H2,1-4H3,(H,9,10);2*5-6H2,1-4H3;4-5H2,1-3H3,(H2,8,9);5H2,1-4H3;2*1H4. The van der Waals surface area contributed by atoms with E-state index in [1.54, 1.807) is 61.0 Å². The molecule has 0 unspecified atom stereocenters. The predicted molar refractivity (Wildman–Crippen MR) is 487 cm³/mol. The maximum Gasteiger partial charge on any atom is 0.222 e. The molecule has 0 radical (unpaired) electrons. The fourth-order valence-electron chi connectivity index (χ4n) is 6.94. The monoisotopic (exact) mass is 1660 g/mol. The zero-order chi connectivity index (χ0) is 94.2. The third-order valence-corrected chi connectivity index (χ3v) is 15.8. The quantitative estimate of drug-likeness (QED) is 0.0625. The van der Waals surface area contributed by atoms with Gasteiger partial charge in [-0.25, -0.2) is 0 Å². The lowest BCUT2D eigenvalue weighted by molar-refractivity contribution is -0.133. The second-order valence-corrected chi connectivity index (χ2v) is 41.9. The summed E-state index contributed by atoms with van der Waals surface area (Å²) in [6, 6.07) is 0. The van der Waals surface area contributed by atoms with Crippen molar-refractivity contribution in [2.45, 2.75) is 413 Å². The van der Waals surface area contributed by atoms with Crippen molar-refractivity contribution in [3.63, 3.8) is 0 Å². The van der Waals surface area contributed by atoms with E-state index in [2.05, 4.69) is 114 Å². The van der Waals surface area contributed by atoms with Gasteiger partial charge in [0, 0.05) is 178 Å². The summed E-state index contributed by atoms with van der Waals surface area (Å²) in [6.45, 7) is 74.0. The molecule has 0 heterocycles. The van der Waals surface area contributed by atoms with Crippen molar-refractivity contribution in [2.24, 2.45) is 71.0 Å². The zero-order valence-electron chi connectivity index (χ0n) is 81.9. The first-order chi connectivity index (χ1) is 50.1. The highest BCUT2D eigenvalue weighted by Gasteiger charge is 2.26. The van der Waals surface area contributed by atoms with Gasteiger partial charge in [0.1, 0.15) is 57.8 Å². The predicted octanol–water partition coefficient (Wildman–Crippen LogP) is 20.3. The van der Waals surface area contributed by atoms with Crippen LogP contribution >= 0.6 is 0 Å². The Morgan fingerprint density at radius 2 is 0.422 bits per heavy atom. The number of nitrogens with zero attached hydrogens (tertiary/aromatic N) is 2. The second kappa shape index (κ2) is 67.3. The number of ketones is 10. The summed E-state index contributed by atoms with van der Waals surface area (Å²) in [6.07, 6.45) is 12.0. The van der Waals surface area contributed by atoms with Crippen molar-refractivity contribution in [3.05, 3.63) is 0 Å². The van der Waals surface area contributed by atoms with Gasteiger partial charge in [0.2, 0.25) is 35.4 Å². The minimum atomic E-state index is -0.414. The van der Waals surface area contributed by atoms with E-state index in [4.69, 9.17) is 11.5 Å². The average molecular weight is 1660 g/mol. The van der Waals surface area contributed by atoms with Crippen LogP contribution in [0, 0.1) is 59.6 Å². The van der Waals surface area contributed by atoms with E-state index in [0.717, 1.165) is 44.9 Å². The number of primary amides is 2. The highest BCUT2D eigenvalue weighted by atomic mass is 16.2. The molecular formula is C94H188N6O16. The van der Waals surface area contributed by atoms with Crippen LogP contribution in [0.25, 0.3) is 0 Å². The number of Topliss-reactive ketones (excluding diaryl/α,β-unsaturated/α-hetero) is 10. The lowest BCUT2D eigenvalue weighted by atomic mass is 9.88. The number of hydrogen-bond donors (Lipinski definition) is 4. The fourth-order valence-corrected chi connectivity index (χ4v) is 6.94. The third kappa shape index (κ3) is 126. The number of amides is 6. The molecule has 6 amide bonds. The number of carbonyl (C=O) groups is 16. The summed E-state index contributed by atoms with van der Waals surface area (Å²) in [5.74, 6) is 1.44. The van der Waals surface area contributed by atoms with Crippen molar-refractivity contribution in [3.8, 4) is 0 Å². The highest BCUT2D eigenvalue weighted by molar-refractivity contribution is 5.91. The molecule has 0 aliphatic carbocycles. The first-order valence-corrected chi connectivity index (χ1v) is 40.7. The van der Waals surface area contributed by atoms with Crippen molar-refractivity contribution in [1.82, 2.24) is 20.4 Å². The number of hydrogen-bond acceptors (Lipinski definition) is 16. The van der Waals surface area contributed by atoms with Crippen LogP contribution in [0.5, 0.6) is 0 Å². The van der Waals surface area contributed by atoms with E-state index in [0.29, 0.717) is 105 Å². The lowest BCUT2D eigenvalue weighted by Gasteiger charge is -2.18. The summed E-state index contributed by atoms with van der Waals surface area (Å²) in [4.78, 5) is 177. The van der Waals surface area contributed by atoms with Crippen LogP contribution in [-0.4, -0.2) is 145 Å². The Kier molecular flexibility index (Phi) is 80.3. The summed E-state index contributed by atoms with van der Waals surface area (Å²) in [5, 5.41) is 5.08. The molecule has 0 aliphatic heterocycles. The number of carbonyl (C=O) groups excluding carboxylic acids is 16. The Morgan fingerprint density at radius 3 is 0.586 bits per heavy atom. The van der Waals surface area contributed by atoms with Crippen molar-refractivity contribution in [2.75, 3.05) is 42.3 Å². The van der Waals surface area contributed by atoms with E-state index >= 15 is 0 Å². The first-order valence-electron chi connectivity index (χ1n) is 40.7. The van der Waals surface area contributed by atoms with Crippen molar-refractivity contribution >= 4 is 93.3 Å². The van der Waals surface area contributed by atoms with E-state index < -0.39 is 5.91 Å². The van der Waals surface area contributed by atoms with Gasteiger partial charge in [-0.2, -0.15) is 0 Å². The molecule has 0 saturated carbocycles. The summed E-state index contributed by atoms with van der Waals surface area (Å²) < 4.78 is 0. The molecule has 0 aromatic heterocycles. The molecule has 0 atom stereocenters. The summed E-state index contributed by atoms with van der Waals surface area (Å²) >= 11 is 0. The van der Waals surface area contributed by atoms with Gasteiger partial charge in [-0.3, -0.25) is 57.5 Å². The van der Waals surface area contributed by atoms with Crippen LogP contribution in [0.1, 0.15) is 413 Å². The van der Waals surface area contributed by atoms with Crippen LogP contribution in [-0.2, 0) is 76.7 Å². The van der Waals surface area contributed by atoms with E-state index in [1.165, 1.54) is 18.7 Å². The van der Waals surface area contributed by atoms with E-state index in [9.17, 15) is 76.7 Å². The molecule has 0 aromatic rings. The van der Waals surface area contributed by atoms with Crippen LogP contribution in [0.4, 0.5) is 0 Å². The third-order valence-electron chi connectivity index (χ3n) is 15.8. The smallest absolute Gasteiger partial charge is 0.222 e. The van der Waals surface area contributed by atoms with Gasteiger partial charge in [-0.15, -0.1) is 0 Å². The van der Waals surface area contributed by atoms with Gasteiger partial charge >= 0.3 is 0 Å². The highest BCUT2D eigenvalue weighted by Crippen LogP contribution is 2.26. The van der Waals surface area contributed by atoms with Crippen LogP contribution in [0.3, 0.4) is 0 Å². The minimum Gasteiger partial charge on any atom is -0.370 e. The van der Waals surface area contributed by atoms with Gasteiger partial charge in [0.15, 0.2) is 0 Å². The molecule has 0 saturated heterocycles. The Labute approximate surface area is 713 Å². The average Bonchev–Trinajstić information content (AvgIpc) is 0.879. The van der Waals surface area contributed by atoms with Crippen LogP contribution < -0.4 is 22.1 Å². The second-order valence-electron chi connectivity index (χ2n) is 41.9. The first kappa shape index (κ1) is 138. The summed E-state index contributed by atoms with van der Waals surface area (Å²) in [5.41, 5.74) is 9.52. The summed E-state index contributed by atoms with van der Waals surface area (Å²) in [7, 11) is 10.2. The largest absolute Gasteiger partial charge is 0.370 e. The van der Waals surface area contributed by atoms with Gasteiger partial charge in [0.25, 0.3) is 0 Å².